The predicted molar refractivity (Wildman–Crippen MR) is 83.1 cm³/mol. The molecule has 2 nitrogen and oxygen atoms in total. The molecule has 0 aromatic heterocycles. The minimum Gasteiger partial charge on any atom is -0.496 e. The van der Waals surface area contributed by atoms with Crippen molar-refractivity contribution in [3.63, 3.8) is 0 Å². The smallest absolute Gasteiger partial charge is 0.132 e. The van der Waals surface area contributed by atoms with Crippen LogP contribution in [0.4, 0.5) is 0 Å². The van der Waals surface area contributed by atoms with E-state index in [0.717, 1.165) is 22.8 Å². The Morgan fingerprint density at radius 1 is 1.05 bits per heavy atom. The number of rotatable bonds is 4. The molecule has 0 aliphatic carbocycles. The van der Waals surface area contributed by atoms with E-state index in [-0.39, 0.29) is 0 Å². The molecule has 0 unspecified atom stereocenters. The van der Waals surface area contributed by atoms with Crippen molar-refractivity contribution in [1.82, 2.24) is 4.90 Å². The van der Waals surface area contributed by atoms with Crippen molar-refractivity contribution < 1.29 is 4.74 Å². The molecule has 0 fully saturated rings. The van der Waals surface area contributed by atoms with E-state index in [2.05, 4.69) is 62.0 Å². The second kappa shape index (κ2) is 6.13. The number of hydrogen-bond acceptors (Lipinski definition) is 3. The quantitative estimate of drug-likeness (QED) is 0.853. The highest BCUT2D eigenvalue weighted by Crippen LogP contribution is 2.29. The van der Waals surface area contributed by atoms with E-state index in [4.69, 9.17) is 4.74 Å². The highest BCUT2D eigenvalue weighted by molar-refractivity contribution is 7.80. The molecule has 0 amide bonds. The van der Waals surface area contributed by atoms with Gasteiger partial charge in [0.15, 0.2) is 0 Å². The van der Waals surface area contributed by atoms with Crippen molar-refractivity contribution in [2.24, 2.45) is 0 Å². The molecule has 100 valence electrons. The monoisotopic (exact) mass is 273 g/mol. The third kappa shape index (κ3) is 3.52. The van der Waals surface area contributed by atoms with Gasteiger partial charge in [-0.05, 0) is 49.0 Å². The summed E-state index contributed by atoms with van der Waals surface area (Å²) < 4.78 is 5.23. The number of nitrogens with zero attached hydrogens (tertiary/aromatic N) is 1. The maximum absolute atomic E-state index is 5.23. The van der Waals surface area contributed by atoms with Gasteiger partial charge in [-0.2, -0.15) is 0 Å². The molecule has 0 saturated carbocycles. The van der Waals surface area contributed by atoms with Gasteiger partial charge in [-0.15, -0.1) is 12.6 Å². The van der Waals surface area contributed by atoms with Crippen LogP contribution in [0.25, 0.3) is 11.1 Å². The number of ether oxygens (including phenoxy) is 1. The Kier molecular flexibility index (Phi) is 4.51. The molecule has 2 aromatic rings. The van der Waals surface area contributed by atoms with Gasteiger partial charge in [-0.1, -0.05) is 24.3 Å². The first-order valence-electron chi connectivity index (χ1n) is 6.21. The van der Waals surface area contributed by atoms with E-state index in [1.807, 2.05) is 12.1 Å². The summed E-state index contributed by atoms with van der Waals surface area (Å²) in [7, 11) is 5.81. The molecular weight excluding hydrogens is 254 g/mol. The van der Waals surface area contributed by atoms with E-state index in [0.29, 0.717) is 0 Å². The van der Waals surface area contributed by atoms with Gasteiger partial charge in [-0.3, -0.25) is 0 Å². The van der Waals surface area contributed by atoms with Gasteiger partial charge in [0.1, 0.15) is 5.75 Å². The van der Waals surface area contributed by atoms with Crippen LogP contribution in [0.2, 0.25) is 0 Å². The van der Waals surface area contributed by atoms with Crippen LogP contribution in [0, 0.1) is 0 Å². The van der Waals surface area contributed by atoms with Crippen LogP contribution >= 0.6 is 12.6 Å². The number of methoxy groups -OCH3 is 1. The molecule has 2 rings (SSSR count). The van der Waals surface area contributed by atoms with E-state index in [1.54, 1.807) is 7.11 Å². The van der Waals surface area contributed by atoms with Crippen LogP contribution < -0.4 is 4.74 Å². The molecule has 0 N–H and O–H groups in total. The van der Waals surface area contributed by atoms with Crippen molar-refractivity contribution in [3.8, 4) is 16.9 Å². The van der Waals surface area contributed by atoms with Crippen LogP contribution in [0.3, 0.4) is 0 Å². The van der Waals surface area contributed by atoms with Gasteiger partial charge in [0.05, 0.1) is 7.11 Å². The Balaban J connectivity index is 2.33. The maximum Gasteiger partial charge on any atom is 0.132 e. The van der Waals surface area contributed by atoms with Gasteiger partial charge in [-0.25, -0.2) is 0 Å². The van der Waals surface area contributed by atoms with Crippen LogP contribution in [-0.2, 0) is 6.54 Å². The molecule has 0 aliphatic heterocycles. The molecule has 0 radical (unpaired) electrons. The summed E-state index contributed by atoms with van der Waals surface area (Å²) >= 11 is 4.45. The molecule has 3 heteroatoms. The standard InChI is InChI=1S/C16H19NOS/c1-17(2)11-12-5-4-6-13(9-12)14-7-8-15(18-3)16(19)10-14/h4-10,19H,11H2,1-3H3. The fourth-order valence-corrected chi connectivity index (χ4v) is 2.39. The number of hydrogen-bond donors (Lipinski definition) is 1. The first-order chi connectivity index (χ1) is 9.10. The summed E-state index contributed by atoms with van der Waals surface area (Å²) in [6.45, 7) is 0.942. The summed E-state index contributed by atoms with van der Waals surface area (Å²) in [6.07, 6.45) is 0. The topological polar surface area (TPSA) is 12.5 Å². The zero-order valence-corrected chi connectivity index (χ0v) is 12.4. The molecule has 0 saturated heterocycles. The van der Waals surface area contributed by atoms with Crippen LogP contribution in [-0.4, -0.2) is 26.1 Å². The predicted octanol–water partition coefficient (Wildman–Crippen LogP) is 3.71. The molecule has 19 heavy (non-hydrogen) atoms. The van der Waals surface area contributed by atoms with Crippen molar-refractivity contribution >= 4 is 12.6 Å². The van der Waals surface area contributed by atoms with Crippen LogP contribution in [0.5, 0.6) is 5.75 Å². The first kappa shape index (κ1) is 14.0. The molecule has 0 bridgehead atoms. The van der Waals surface area contributed by atoms with Gasteiger partial charge >= 0.3 is 0 Å². The van der Waals surface area contributed by atoms with E-state index >= 15 is 0 Å². The summed E-state index contributed by atoms with van der Waals surface area (Å²) in [4.78, 5) is 3.02. The van der Waals surface area contributed by atoms with Crippen molar-refractivity contribution in [3.05, 3.63) is 48.0 Å². The molecule has 0 spiro atoms. The molecular formula is C16H19NOS. The third-order valence-electron chi connectivity index (χ3n) is 2.94. The van der Waals surface area contributed by atoms with Crippen molar-refractivity contribution in [2.75, 3.05) is 21.2 Å². The fraction of sp³-hybridized carbons (Fsp3) is 0.250. The first-order valence-corrected chi connectivity index (χ1v) is 6.66. The highest BCUT2D eigenvalue weighted by Gasteiger charge is 2.04. The molecule has 0 atom stereocenters. The van der Waals surface area contributed by atoms with Crippen LogP contribution in [0.1, 0.15) is 5.56 Å². The summed E-state index contributed by atoms with van der Waals surface area (Å²) in [6, 6.07) is 14.6. The number of benzene rings is 2. The number of thiol groups is 1. The lowest BCUT2D eigenvalue weighted by Gasteiger charge is -2.12. The van der Waals surface area contributed by atoms with Crippen molar-refractivity contribution in [1.29, 1.82) is 0 Å². The maximum atomic E-state index is 5.23. The zero-order chi connectivity index (χ0) is 13.8. The summed E-state index contributed by atoms with van der Waals surface area (Å²) in [5.41, 5.74) is 3.67. The van der Waals surface area contributed by atoms with E-state index in [1.165, 1.54) is 11.1 Å². The zero-order valence-electron chi connectivity index (χ0n) is 11.6. The Bertz CT molecular complexity index is 566. The minimum absolute atomic E-state index is 0.802. The Labute approximate surface area is 120 Å². The molecule has 0 aliphatic rings. The van der Waals surface area contributed by atoms with Gasteiger partial charge < -0.3 is 9.64 Å². The second-order valence-electron chi connectivity index (χ2n) is 4.82. The van der Waals surface area contributed by atoms with E-state index in [9.17, 15) is 0 Å². The normalized spacial score (nSPS) is 10.8. The Hall–Kier alpha value is -1.45. The Morgan fingerprint density at radius 3 is 2.42 bits per heavy atom. The second-order valence-corrected chi connectivity index (χ2v) is 5.31. The largest absolute Gasteiger partial charge is 0.496 e. The van der Waals surface area contributed by atoms with Crippen LogP contribution in [0.15, 0.2) is 47.4 Å². The minimum atomic E-state index is 0.802. The molecule has 0 heterocycles. The van der Waals surface area contributed by atoms with E-state index < -0.39 is 0 Å². The van der Waals surface area contributed by atoms with Gasteiger partial charge in [0, 0.05) is 11.4 Å². The average Bonchev–Trinajstić information content (AvgIpc) is 2.38. The lowest BCUT2D eigenvalue weighted by atomic mass is 10.0. The lowest BCUT2D eigenvalue weighted by Crippen LogP contribution is -2.10. The highest BCUT2D eigenvalue weighted by atomic mass is 32.1. The summed E-state index contributed by atoms with van der Waals surface area (Å²) in [5, 5.41) is 0. The van der Waals surface area contributed by atoms with Crippen molar-refractivity contribution in [2.45, 2.75) is 11.4 Å². The SMILES string of the molecule is COc1ccc(-c2cccc(CN(C)C)c2)cc1S. The van der Waals surface area contributed by atoms with Gasteiger partial charge in [0.25, 0.3) is 0 Å². The fourth-order valence-electron chi connectivity index (χ4n) is 2.08. The summed E-state index contributed by atoms with van der Waals surface area (Å²) in [5.74, 6) is 0.802. The third-order valence-corrected chi connectivity index (χ3v) is 3.29. The molecule has 2 aromatic carbocycles. The Morgan fingerprint density at radius 2 is 1.79 bits per heavy atom. The van der Waals surface area contributed by atoms with Gasteiger partial charge in [0.2, 0.25) is 0 Å². The average molecular weight is 273 g/mol. The lowest BCUT2D eigenvalue weighted by molar-refractivity contribution is 0.402.